The Bertz CT molecular complexity index is 225. The van der Waals surface area contributed by atoms with Crippen molar-refractivity contribution in [3.8, 4) is 0 Å². The predicted molar refractivity (Wildman–Crippen MR) is 70.1 cm³/mol. The van der Waals surface area contributed by atoms with Crippen LogP contribution in [0.25, 0.3) is 0 Å². The summed E-state index contributed by atoms with van der Waals surface area (Å²) in [5, 5.41) is 0. The molecule has 0 aromatic rings. The molecule has 1 heterocycles. The summed E-state index contributed by atoms with van der Waals surface area (Å²) < 4.78 is 11.1. The molecule has 0 spiro atoms. The maximum atomic E-state index is 6.06. The number of rotatable bonds is 5. The fraction of sp³-hybridized carbons (Fsp3) is 1.00. The number of nitrogens with two attached hydrogens (primary N) is 1. The zero-order valence-electron chi connectivity index (χ0n) is 11.9. The van der Waals surface area contributed by atoms with E-state index in [1.165, 1.54) is 0 Å². The highest BCUT2D eigenvalue weighted by Crippen LogP contribution is 2.33. The maximum Gasteiger partial charge on any atom is 0.0615 e. The van der Waals surface area contributed by atoms with Crippen molar-refractivity contribution >= 4 is 0 Å². The second kappa shape index (κ2) is 6.14. The predicted octanol–water partition coefficient (Wildman–Crippen LogP) is 1.24. The number of hydrogen-bond donors (Lipinski definition) is 1. The van der Waals surface area contributed by atoms with Crippen LogP contribution in [0.4, 0.5) is 0 Å². The van der Waals surface area contributed by atoms with Gasteiger partial charge in [-0.15, -0.1) is 0 Å². The van der Waals surface area contributed by atoms with Gasteiger partial charge in [0.2, 0.25) is 0 Å². The number of nitrogens with zero attached hydrogens (tertiary/aromatic N) is 1. The third-order valence-corrected chi connectivity index (χ3v) is 4.00. The Morgan fingerprint density at radius 2 is 1.94 bits per heavy atom. The van der Waals surface area contributed by atoms with Gasteiger partial charge in [0, 0.05) is 25.2 Å². The van der Waals surface area contributed by atoms with E-state index in [-0.39, 0.29) is 17.7 Å². The molecule has 0 bridgehead atoms. The fourth-order valence-electron chi connectivity index (χ4n) is 3.07. The normalized spacial score (nSPS) is 36.2. The maximum absolute atomic E-state index is 6.06. The summed E-state index contributed by atoms with van der Waals surface area (Å²) in [6.45, 7) is 7.87. The zero-order chi connectivity index (χ0) is 13.1. The lowest BCUT2D eigenvalue weighted by molar-refractivity contribution is -0.109. The molecule has 0 aliphatic carbocycles. The van der Waals surface area contributed by atoms with Crippen LogP contribution in [-0.4, -0.2) is 56.0 Å². The highest BCUT2D eigenvalue weighted by Gasteiger charge is 2.42. The van der Waals surface area contributed by atoms with E-state index in [1.807, 2.05) is 0 Å². The van der Waals surface area contributed by atoms with Crippen LogP contribution < -0.4 is 5.73 Å². The van der Waals surface area contributed by atoms with Crippen molar-refractivity contribution < 1.29 is 9.47 Å². The Balaban J connectivity index is 2.79. The summed E-state index contributed by atoms with van der Waals surface area (Å²) in [6.07, 6.45) is 2.55. The molecule has 3 unspecified atom stereocenters. The molecule has 0 saturated carbocycles. The second-order valence-corrected chi connectivity index (χ2v) is 5.51. The molecule has 3 atom stereocenters. The Morgan fingerprint density at radius 3 is 2.35 bits per heavy atom. The Kier molecular flexibility index (Phi) is 5.38. The van der Waals surface area contributed by atoms with E-state index in [4.69, 9.17) is 15.2 Å². The monoisotopic (exact) mass is 244 g/mol. The van der Waals surface area contributed by atoms with Crippen LogP contribution in [0.15, 0.2) is 0 Å². The molecular formula is C13H28N2O2. The molecule has 0 aromatic carbocycles. The van der Waals surface area contributed by atoms with Crippen LogP contribution in [0.3, 0.4) is 0 Å². The van der Waals surface area contributed by atoms with Crippen molar-refractivity contribution in [1.82, 2.24) is 4.90 Å². The molecule has 1 fully saturated rings. The minimum Gasteiger partial charge on any atom is -0.383 e. The molecule has 2 N–H and O–H groups in total. The molecule has 102 valence electrons. The fourth-order valence-corrected chi connectivity index (χ4v) is 3.07. The standard InChI is InChI=1S/C13H28N2O2/c1-10(8-16-5)15(4)13(9-14)6-11(2)17-12(3)7-13/h10-12H,6-9,14H2,1-5H3. The number of likely N-dealkylation sites (N-methyl/N-ethyl adjacent to an activating group) is 1. The minimum absolute atomic E-state index is 0.0506. The summed E-state index contributed by atoms with van der Waals surface area (Å²) in [5.41, 5.74) is 6.11. The molecule has 0 amide bonds. The van der Waals surface area contributed by atoms with E-state index in [0.29, 0.717) is 12.6 Å². The summed E-state index contributed by atoms with van der Waals surface area (Å²) in [6, 6.07) is 0.376. The van der Waals surface area contributed by atoms with Crippen molar-refractivity contribution in [2.75, 3.05) is 27.3 Å². The smallest absolute Gasteiger partial charge is 0.0615 e. The SMILES string of the molecule is COCC(C)N(C)C1(CN)CC(C)OC(C)C1. The summed E-state index contributed by atoms with van der Waals surface area (Å²) in [4.78, 5) is 2.38. The van der Waals surface area contributed by atoms with Crippen molar-refractivity contribution in [1.29, 1.82) is 0 Å². The minimum atomic E-state index is 0.0506. The molecular weight excluding hydrogens is 216 g/mol. The van der Waals surface area contributed by atoms with Gasteiger partial charge >= 0.3 is 0 Å². The summed E-state index contributed by atoms with van der Waals surface area (Å²) in [7, 11) is 3.90. The molecule has 0 radical (unpaired) electrons. The lowest BCUT2D eigenvalue weighted by atomic mass is 9.82. The zero-order valence-corrected chi connectivity index (χ0v) is 11.9. The first-order valence-corrected chi connectivity index (χ1v) is 6.52. The first-order chi connectivity index (χ1) is 7.95. The summed E-state index contributed by atoms with van der Waals surface area (Å²) >= 11 is 0. The first kappa shape index (κ1) is 14.9. The molecule has 4 nitrogen and oxygen atoms in total. The molecule has 17 heavy (non-hydrogen) atoms. The van der Waals surface area contributed by atoms with Gasteiger partial charge in [-0.3, -0.25) is 4.90 Å². The van der Waals surface area contributed by atoms with Crippen LogP contribution in [0.2, 0.25) is 0 Å². The summed E-state index contributed by atoms with van der Waals surface area (Å²) in [5.74, 6) is 0. The van der Waals surface area contributed by atoms with E-state index in [2.05, 4.69) is 32.7 Å². The van der Waals surface area contributed by atoms with E-state index >= 15 is 0 Å². The number of methoxy groups -OCH3 is 1. The quantitative estimate of drug-likeness (QED) is 0.790. The van der Waals surface area contributed by atoms with Gasteiger partial charge in [0.1, 0.15) is 0 Å². The average Bonchev–Trinajstić information content (AvgIpc) is 2.26. The second-order valence-electron chi connectivity index (χ2n) is 5.51. The third kappa shape index (κ3) is 3.41. The van der Waals surface area contributed by atoms with E-state index in [1.54, 1.807) is 7.11 Å². The Hall–Kier alpha value is -0.160. The highest BCUT2D eigenvalue weighted by atomic mass is 16.5. The van der Waals surface area contributed by atoms with Gasteiger partial charge in [-0.25, -0.2) is 0 Å². The molecule has 4 heteroatoms. The highest BCUT2D eigenvalue weighted by molar-refractivity contribution is 4.98. The van der Waals surface area contributed by atoms with Crippen molar-refractivity contribution in [2.24, 2.45) is 5.73 Å². The number of hydrogen-bond acceptors (Lipinski definition) is 4. The lowest BCUT2D eigenvalue weighted by Gasteiger charge is -2.50. The number of ether oxygens (including phenoxy) is 2. The molecule has 1 saturated heterocycles. The molecule has 1 aliphatic rings. The van der Waals surface area contributed by atoms with Gasteiger partial charge in [0.15, 0.2) is 0 Å². The average molecular weight is 244 g/mol. The van der Waals surface area contributed by atoms with Gasteiger partial charge in [0.25, 0.3) is 0 Å². The van der Waals surface area contributed by atoms with Gasteiger partial charge in [-0.1, -0.05) is 0 Å². The van der Waals surface area contributed by atoms with Crippen molar-refractivity contribution in [2.45, 2.75) is 57.4 Å². The van der Waals surface area contributed by atoms with Crippen LogP contribution in [0, 0.1) is 0 Å². The Labute approximate surface area is 105 Å². The topological polar surface area (TPSA) is 47.7 Å². The van der Waals surface area contributed by atoms with Crippen LogP contribution in [-0.2, 0) is 9.47 Å². The lowest BCUT2D eigenvalue weighted by Crippen LogP contribution is -2.61. The van der Waals surface area contributed by atoms with E-state index < -0.39 is 0 Å². The van der Waals surface area contributed by atoms with Crippen molar-refractivity contribution in [3.05, 3.63) is 0 Å². The molecule has 1 aliphatic heterocycles. The van der Waals surface area contributed by atoms with Crippen LogP contribution >= 0.6 is 0 Å². The van der Waals surface area contributed by atoms with Crippen LogP contribution in [0.1, 0.15) is 33.6 Å². The van der Waals surface area contributed by atoms with Gasteiger partial charge in [-0.05, 0) is 40.7 Å². The van der Waals surface area contributed by atoms with Gasteiger partial charge in [0.05, 0.1) is 18.8 Å². The van der Waals surface area contributed by atoms with E-state index in [9.17, 15) is 0 Å². The molecule has 1 rings (SSSR count). The van der Waals surface area contributed by atoms with E-state index in [0.717, 1.165) is 19.4 Å². The first-order valence-electron chi connectivity index (χ1n) is 6.52. The Morgan fingerprint density at radius 1 is 1.41 bits per heavy atom. The molecule has 0 aromatic heterocycles. The van der Waals surface area contributed by atoms with Crippen molar-refractivity contribution in [3.63, 3.8) is 0 Å². The van der Waals surface area contributed by atoms with Gasteiger partial charge < -0.3 is 15.2 Å². The van der Waals surface area contributed by atoms with Crippen LogP contribution in [0.5, 0.6) is 0 Å². The third-order valence-electron chi connectivity index (χ3n) is 4.00. The van der Waals surface area contributed by atoms with Gasteiger partial charge in [-0.2, -0.15) is 0 Å². The largest absolute Gasteiger partial charge is 0.383 e.